The maximum absolute atomic E-state index is 12.2. The van der Waals surface area contributed by atoms with E-state index in [2.05, 4.69) is 24.4 Å². The van der Waals surface area contributed by atoms with Crippen molar-refractivity contribution in [2.75, 3.05) is 23.9 Å². The van der Waals surface area contributed by atoms with Crippen LogP contribution in [0.25, 0.3) is 0 Å². The Labute approximate surface area is 158 Å². The number of carbonyl (C=O) groups excluding carboxylic acids is 2. The Hall–Kier alpha value is -1.40. The lowest BCUT2D eigenvalue weighted by atomic mass is 10.1. The fraction of sp³-hybridized carbons (Fsp3) is 0.474. The Morgan fingerprint density at radius 3 is 2.76 bits per heavy atom. The van der Waals surface area contributed by atoms with Crippen LogP contribution in [0.1, 0.15) is 43.0 Å². The highest BCUT2D eigenvalue weighted by atomic mass is 32.2. The zero-order chi connectivity index (χ0) is 18.1. The monoisotopic (exact) mass is 379 g/mol. The van der Waals surface area contributed by atoms with Gasteiger partial charge >= 0.3 is 5.97 Å². The zero-order valence-electron chi connectivity index (χ0n) is 14.7. The second-order valence-electron chi connectivity index (χ2n) is 5.84. The first-order valence-corrected chi connectivity index (χ1v) is 10.5. The molecule has 136 valence electrons. The second kappa shape index (κ2) is 9.92. The molecule has 0 bridgehead atoms. The van der Waals surface area contributed by atoms with Crippen molar-refractivity contribution in [3.8, 4) is 0 Å². The van der Waals surface area contributed by atoms with Gasteiger partial charge in [-0.1, -0.05) is 18.2 Å². The van der Waals surface area contributed by atoms with Crippen molar-refractivity contribution in [1.29, 1.82) is 0 Å². The molecule has 1 heterocycles. The number of hydrogen-bond donors (Lipinski definition) is 1. The predicted octanol–water partition coefficient (Wildman–Crippen LogP) is 4.72. The molecular formula is C19H25NO3S2. The summed E-state index contributed by atoms with van der Waals surface area (Å²) in [4.78, 5) is 23.8. The Morgan fingerprint density at radius 2 is 2.08 bits per heavy atom. The molecule has 1 aliphatic rings. The van der Waals surface area contributed by atoms with Gasteiger partial charge in [-0.25, -0.2) is 4.79 Å². The van der Waals surface area contributed by atoms with Gasteiger partial charge in [0.1, 0.15) is 0 Å². The summed E-state index contributed by atoms with van der Waals surface area (Å²) in [5.74, 6) is 1.94. The van der Waals surface area contributed by atoms with Gasteiger partial charge in [0.25, 0.3) is 0 Å². The fourth-order valence-electron chi connectivity index (χ4n) is 2.73. The van der Waals surface area contributed by atoms with Crippen molar-refractivity contribution in [2.45, 2.75) is 36.7 Å². The zero-order valence-corrected chi connectivity index (χ0v) is 16.4. The van der Waals surface area contributed by atoms with Crippen molar-refractivity contribution in [3.05, 3.63) is 42.0 Å². The summed E-state index contributed by atoms with van der Waals surface area (Å²) >= 11 is 3.98. The second-order valence-corrected chi connectivity index (χ2v) is 8.95. The van der Waals surface area contributed by atoms with Crippen LogP contribution in [0.4, 0.5) is 5.69 Å². The number of amides is 1. The van der Waals surface area contributed by atoms with Crippen molar-refractivity contribution in [1.82, 2.24) is 0 Å². The van der Waals surface area contributed by atoms with Crippen LogP contribution in [-0.2, 0) is 9.53 Å². The van der Waals surface area contributed by atoms with Crippen molar-refractivity contribution < 1.29 is 14.3 Å². The summed E-state index contributed by atoms with van der Waals surface area (Å²) in [5.41, 5.74) is 1.06. The molecule has 1 amide bonds. The molecule has 1 aromatic carbocycles. The van der Waals surface area contributed by atoms with Crippen molar-refractivity contribution in [2.24, 2.45) is 0 Å². The number of methoxy groups -OCH3 is 1. The van der Waals surface area contributed by atoms with Crippen LogP contribution in [0.15, 0.2) is 36.4 Å². The van der Waals surface area contributed by atoms with Crippen LogP contribution in [0, 0.1) is 0 Å². The molecule has 1 aromatic rings. The molecule has 0 aromatic heterocycles. The molecule has 0 saturated carbocycles. The minimum absolute atomic E-state index is 0.0246. The first kappa shape index (κ1) is 19.9. The number of nitrogens with one attached hydrogen (secondary N) is 1. The lowest BCUT2D eigenvalue weighted by Gasteiger charge is -2.33. The summed E-state index contributed by atoms with van der Waals surface area (Å²) in [6.07, 6.45) is 7.95. The predicted molar refractivity (Wildman–Crippen MR) is 107 cm³/mol. The third-order valence-electron chi connectivity index (χ3n) is 3.90. The van der Waals surface area contributed by atoms with E-state index < -0.39 is 5.97 Å². The van der Waals surface area contributed by atoms with E-state index in [1.54, 1.807) is 24.3 Å². The summed E-state index contributed by atoms with van der Waals surface area (Å²) in [5, 5.41) is 2.87. The fourth-order valence-corrected chi connectivity index (χ4v) is 6.06. The Bertz CT molecular complexity index is 625. The van der Waals surface area contributed by atoms with E-state index in [1.807, 2.05) is 23.5 Å². The maximum atomic E-state index is 12.2. The number of ether oxygens (including phenoxy) is 1. The van der Waals surface area contributed by atoms with Gasteiger partial charge in [0.15, 0.2) is 0 Å². The quantitative estimate of drug-likeness (QED) is 0.548. The van der Waals surface area contributed by atoms with Gasteiger partial charge in [-0.05, 0) is 55.9 Å². The van der Waals surface area contributed by atoms with E-state index in [9.17, 15) is 9.59 Å². The number of esters is 1. The number of allylic oxidation sites excluding steroid dienone is 1. The largest absolute Gasteiger partial charge is 0.465 e. The highest BCUT2D eigenvalue weighted by molar-refractivity contribution is 8.19. The molecule has 0 atom stereocenters. The molecule has 0 unspecified atom stereocenters. The van der Waals surface area contributed by atoms with E-state index in [0.29, 0.717) is 17.7 Å². The molecule has 1 aliphatic heterocycles. The molecule has 6 heteroatoms. The minimum atomic E-state index is -0.407. The van der Waals surface area contributed by atoms with Gasteiger partial charge in [-0.2, -0.15) is 0 Å². The van der Waals surface area contributed by atoms with Crippen LogP contribution in [0.5, 0.6) is 0 Å². The van der Waals surface area contributed by atoms with Crippen LogP contribution in [0.2, 0.25) is 0 Å². The molecule has 1 saturated heterocycles. The number of hydrogen-bond acceptors (Lipinski definition) is 5. The van der Waals surface area contributed by atoms with Crippen molar-refractivity contribution in [3.63, 3.8) is 0 Å². The first-order valence-electron chi connectivity index (χ1n) is 8.48. The van der Waals surface area contributed by atoms with Crippen LogP contribution in [-0.4, -0.2) is 34.6 Å². The summed E-state index contributed by atoms with van der Waals surface area (Å²) in [7, 11) is 1.34. The van der Waals surface area contributed by atoms with E-state index in [1.165, 1.54) is 25.0 Å². The van der Waals surface area contributed by atoms with Gasteiger partial charge in [-0.15, -0.1) is 23.5 Å². The first-order chi connectivity index (χ1) is 12.1. The van der Waals surface area contributed by atoms with E-state index >= 15 is 0 Å². The molecule has 25 heavy (non-hydrogen) atoms. The summed E-state index contributed by atoms with van der Waals surface area (Å²) in [6, 6.07) is 6.81. The Balaban J connectivity index is 1.85. The van der Waals surface area contributed by atoms with E-state index in [0.717, 1.165) is 12.8 Å². The van der Waals surface area contributed by atoms with Gasteiger partial charge in [0.05, 0.1) is 16.8 Å². The minimum Gasteiger partial charge on any atom is -0.465 e. The standard InChI is InChI=1S/C19H25NO3S2/c1-3-10-19(24-12-6-13-25-19)11-5-9-17(21)20-16-8-4-7-15(14-16)18(22)23-2/h3-4,7-8,10,14H,5-6,9,11-13H2,1-2H3,(H,20,21)/b10-3+. The van der Waals surface area contributed by atoms with Gasteiger partial charge < -0.3 is 10.1 Å². The molecular weight excluding hydrogens is 354 g/mol. The molecule has 0 spiro atoms. The molecule has 0 aliphatic carbocycles. The number of rotatable bonds is 7. The Kier molecular flexibility index (Phi) is 7.90. The molecule has 1 fully saturated rings. The number of anilines is 1. The molecule has 4 nitrogen and oxygen atoms in total. The van der Waals surface area contributed by atoms with Gasteiger partial charge in [0, 0.05) is 12.1 Å². The summed E-state index contributed by atoms with van der Waals surface area (Å²) < 4.78 is 4.82. The highest BCUT2D eigenvalue weighted by Gasteiger charge is 2.30. The van der Waals surface area contributed by atoms with Gasteiger partial charge in [0.2, 0.25) is 5.91 Å². The number of benzene rings is 1. The van der Waals surface area contributed by atoms with E-state index in [4.69, 9.17) is 4.74 Å². The lowest BCUT2D eigenvalue weighted by molar-refractivity contribution is -0.116. The smallest absolute Gasteiger partial charge is 0.337 e. The SMILES string of the molecule is C/C=C/C1(CCCC(=O)Nc2cccc(C(=O)OC)c2)SCCCS1. The highest BCUT2D eigenvalue weighted by Crippen LogP contribution is 2.46. The van der Waals surface area contributed by atoms with E-state index in [-0.39, 0.29) is 9.99 Å². The third-order valence-corrected chi connectivity index (χ3v) is 7.25. The van der Waals surface area contributed by atoms with Crippen LogP contribution in [0.3, 0.4) is 0 Å². The van der Waals surface area contributed by atoms with Crippen molar-refractivity contribution >= 4 is 41.1 Å². The number of thioether (sulfide) groups is 2. The average Bonchev–Trinajstić information content (AvgIpc) is 2.62. The third kappa shape index (κ3) is 6.12. The average molecular weight is 380 g/mol. The Morgan fingerprint density at radius 1 is 1.32 bits per heavy atom. The maximum Gasteiger partial charge on any atom is 0.337 e. The van der Waals surface area contributed by atoms with Crippen LogP contribution < -0.4 is 5.32 Å². The topological polar surface area (TPSA) is 55.4 Å². The number of carbonyl (C=O) groups is 2. The lowest BCUT2D eigenvalue weighted by Crippen LogP contribution is -2.23. The van der Waals surface area contributed by atoms with Gasteiger partial charge in [-0.3, -0.25) is 4.79 Å². The summed E-state index contributed by atoms with van der Waals surface area (Å²) in [6.45, 7) is 2.05. The molecule has 2 rings (SSSR count). The molecule has 1 N–H and O–H groups in total. The molecule has 0 radical (unpaired) electrons. The van der Waals surface area contributed by atoms with Crippen LogP contribution >= 0.6 is 23.5 Å². The normalized spacial score (nSPS) is 16.6.